The molecule has 2 heterocycles. The van der Waals surface area contributed by atoms with Gasteiger partial charge in [0.25, 0.3) is 0 Å². The molecule has 2 aliphatic rings. The fraction of sp³-hybridized carbons (Fsp3) is 0.154. The first kappa shape index (κ1) is 11.5. The van der Waals surface area contributed by atoms with E-state index in [1.807, 2.05) is 28.8 Å². The molecule has 0 saturated carbocycles. The molecule has 0 saturated heterocycles. The summed E-state index contributed by atoms with van der Waals surface area (Å²) in [6, 6.07) is 7.86. The van der Waals surface area contributed by atoms with Crippen molar-refractivity contribution in [1.29, 1.82) is 0 Å². The summed E-state index contributed by atoms with van der Waals surface area (Å²) in [6.07, 6.45) is 3.17. The second-order valence-corrected chi connectivity index (χ2v) is 4.15. The van der Waals surface area contributed by atoms with Gasteiger partial charge in [0.1, 0.15) is 17.8 Å². The number of ether oxygens (including phenoxy) is 1. The largest absolute Gasteiger partial charge is 0.497 e. The third-order valence-electron chi connectivity index (χ3n) is 2.94. The Morgan fingerprint density at radius 3 is 2.68 bits per heavy atom. The molecule has 1 aromatic carbocycles. The first-order valence-electron chi connectivity index (χ1n) is 5.82. The normalized spacial score (nSPS) is 10.8. The maximum absolute atomic E-state index is 5.76. The monoisotopic (exact) mass is 255 g/mol. The third kappa shape index (κ3) is 2.08. The lowest BCUT2D eigenvalue weighted by atomic mass is 10.2. The topological polar surface area (TPSA) is 78.9 Å². The molecule has 19 heavy (non-hydrogen) atoms. The zero-order valence-corrected chi connectivity index (χ0v) is 10.4. The van der Waals surface area contributed by atoms with Crippen molar-refractivity contribution in [2.75, 3.05) is 12.8 Å². The van der Waals surface area contributed by atoms with Gasteiger partial charge in [0.05, 0.1) is 20.0 Å². The Morgan fingerprint density at radius 1 is 1.16 bits per heavy atom. The molecular weight excluding hydrogens is 242 g/mol. The number of hydrogen-bond donors (Lipinski definition) is 1. The van der Waals surface area contributed by atoms with Crippen LogP contribution >= 0.6 is 0 Å². The highest BCUT2D eigenvalue weighted by Gasteiger charge is 2.14. The van der Waals surface area contributed by atoms with Crippen LogP contribution < -0.4 is 10.5 Å². The number of imidazole rings is 1. The second kappa shape index (κ2) is 4.56. The predicted molar refractivity (Wildman–Crippen MR) is 70.9 cm³/mol. The number of nitrogens with zero attached hydrogens (tertiary/aromatic N) is 4. The molecule has 0 radical (unpaired) electrons. The first-order valence-corrected chi connectivity index (χ1v) is 5.82. The standard InChI is InChI=1S/C13H13N5O/c1-19-10-4-2-9(3-5-10)6-18-8-17-12(14)11-13(18)16-7-15-11/h2-5,7-8H,6,14H2,1H3. The Kier molecular flexibility index (Phi) is 2.75. The number of anilines is 1. The van der Waals surface area contributed by atoms with Crippen LogP contribution in [0.25, 0.3) is 11.5 Å². The van der Waals surface area contributed by atoms with Crippen LogP contribution in [0, 0.1) is 0 Å². The van der Waals surface area contributed by atoms with Crippen LogP contribution in [0.5, 0.6) is 5.75 Å². The van der Waals surface area contributed by atoms with Crippen molar-refractivity contribution >= 4 is 5.82 Å². The van der Waals surface area contributed by atoms with E-state index in [0.29, 0.717) is 18.1 Å². The molecule has 2 N–H and O–H groups in total. The second-order valence-electron chi connectivity index (χ2n) is 4.15. The van der Waals surface area contributed by atoms with Gasteiger partial charge in [-0.2, -0.15) is 0 Å². The van der Waals surface area contributed by atoms with Crippen LogP contribution in [-0.2, 0) is 6.54 Å². The zero-order valence-electron chi connectivity index (χ0n) is 10.4. The number of nitrogen functional groups attached to an aromatic ring is 1. The van der Waals surface area contributed by atoms with Gasteiger partial charge in [-0.15, -0.1) is 0 Å². The third-order valence-corrected chi connectivity index (χ3v) is 2.94. The fourth-order valence-corrected chi connectivity index (χ4v) is 1.94. The summed E-state index contributed by atoms with van der Waals surface area (Å²) in [5.41, 5.74) is 7.52. The molecule has 6 heteroatoms. The number of hydrogen-bond acceptors (Lipinski definition) is 5. The summed E-state index contributed by atoms with van der Waals surface area (Å²) < 4.78 is 7.05. The van der Waals surface area contributed by atoms with E-state index in [-0.39, 0.29) is 0 Å². The van der Waals surface area contributed by atoms with Gasteiger partial charge in [-0.05, 0) is 17.7 Å². The van der Waals surface area contributed by atoms with Gasteiger partial charge in [0.2, 0.25) is 0 Å². The molecule has 1 aromatic rings. The number of benzene rings is 1. The highest BCUT2D eigenvalue weighted by molar-refractivity contribution is 5.64. The number of methoxy groups -OCH3 is 1. The fourth-order valence-electron chi connectivity index (χ4n) is 1.94. The van der Waals surface area contributed by atoms with Crippen LogP contribution in [0.4, 0.5) is 5.82 Å². The van der Waals surface area contributed by atoms with Crippen LogP contribution in [0.15, 0.2) is 36.9 Å². The van der Waals surface area contributed by atoms with Gasteiger partial charge in [0.15, 0.2) is 11.6 Å². The lowest BCUT2D eigenvalue weighted by molar-refractivity contribution is 0.414. The van der Waals surface area contributed by atoms with E-state index in [9.17, 15) is 0 Å². The maximum atomic E-state index is 5.76. The Bertz CT molecular complexity index is 661. The Labute approximate surface area is 110 Å². The average Bonchev–Trinajstić information content (AvgIpc) is 2.93. The van der Waals surface area contributed by atoms with Crippen molar-refractivity contribution < 1.29 is 4.74 Å². The Hall–Kier alpha value is -2.63. The van der Waals surface area contributed by atoms with E-state index >= 15 is 0 Å². The molecule has 0 aliphatic carbocycles. The summed E-state index contributed by atoms with van der Waals surface area (Å²) in [5, 5.41) is 0. The zero-order chi connectivity index (χ0) is 13.2. The van der Waals surface area contributed by atoms with Crippen LogP contribution in [0.1, 0.15) is 5.56 Å². The minimum absolute atomic E-state index is 0.401. The van der Waals surface area contributed by atoms with Crippen molar-refractivity contribution in [3.8, 4) is 17.3 Å². The molecule has 0 fully saturated rings. The number of fused-ring (bicyclic) bond motifs is 1. The van der Waals surface area contributed by atoms with E-state index in [1.165, 1.54) is 6.33 Å². The molecule has 0 aromatic heterocycles. The minimum atomic E-state index is 0.401. The van der Waals surface area contributed by atoms with Crippen molar-refractivity contribution in [3.05, 3.63) is 42.5 Å². The van der Waals surface area contributed by atoms with E-state index in [4.69, 9.17) is 10.5 Å². The van der Waals surface area contributed by atoms with E-state index in [0.717, 1.165) is 17.1 Å². The smallest absolute Gasteiger partial charge is 0.165 e. The van der Waals surface area contributed by atoms with Crippen LogP contribution in [0.2, 0.25) is 0 Å². The highest BCUT2D eigenvalue weighted by atomic mass is 16.5. The van der Waals surface area contributed by atoms with Gasteiger partial charge in [-0.25, -0.2) is 15.0 Å². The summed E-state index contributed by atoms with van der Waals surface area (Å²) >= 11 is 0. The number of rotatable bonds is 3. The molecule has 0 bridgehead atoms. The summed E-state index contributed by atoms with van der Waals surface area (Å²) in [6.45, 7) is 0.659. The van der Waals surface area contributed by atoms with Crippen molar-refractivity contribution in [2.45, 2.75) is 6.54 Å². The Balaban J connectivity index is 1.92. The van der Waals surface area contributed by atoms with Gasteiger partial charge in [-0.1, -0.05) is 12.1 Å². The minimum Gasteiger partial charge on any atom is -0.497 e. The van der Waals surface area contributed by atoms with Gasteiger partial charge in [-0.3, -0.25) is 0 Å². The van der Waals surface area contributed by atoms with Crippen LogP contribution in [0.3, 0.4) is 0 Å². The molecule has 0 spiro atoms. The van der Waals surface area contributed by atoms with Crippen molar-refractivity contribution in [1.82, 2.24) is 19.5 Å². The van der Waals surface area contributed by atoms with E-state index in [1.54, 1.807) is 13.4 Å². The van der Waals surface area contributed by atoms with E-state index in [2.05, 4.69) is 15.0 Å². The molecule has 3 rings (SSSR count). The first-order chi connectivity index (χ1) is 9.28. The average molecular weight is 255 g/mol. The van der Waals surface area contributed by atoms with Gasteiger partial charge >= 0.3 is 0 Å². The molecule has 96 valence electrons. The number of aromatic nitrogens is 4. The molecular formula is C13H13N5O. The lowest BCUT2D eigenvalue weighted by Gasteiger charge is -2.11. The highest BCUT2D eigenvalue weighted by Crippen LogP contribution is 2.22. The summed E-state index contributed by atoms with van der Waals surface area (Å²) in [7, 11) is 1.65. The molecule has 0 unspecified atom stereocenters. The molecule has 0 amide bonds. The molecule has 6 nitrogen and oxygen atoms in total. The number of nitrogens with two attached hydrogens (primary N) is 1. The SMILES string of the molecule is COc1ccc(Cn2cnc(N)c3ncnc2-3)cc1. The lowest BCUT2D eigenvalue weighted by Crippen LogP contribution is -2.09. The molecule has 0 atom stereocenters. The quantitative estimate of drug-likeness (QED) is 0.765. The maximum Gasteiger partial charge on any atom is 0.165 e. The molecule has 2 aliphatic heterocycles. The van der Waals surface area contributed by atoms with Gasteiger partial charge in [0, 0.05) is 0 Å². The Morgan fingerprint density at radius 2 is 1.95 bits per heavy atom. The van der Waals surface area contributed by atoms with E-state index < -0.39 is 0 Å². The van der Waals surface area contributed by atoms with Crippen LogP contribution in [-0.4, -0.2) is 26.6 Å². The van der Waals surface area contributed by atoms with Crippen molar-refractivity contribution in [2.24, 2.45) is 0 Å². The summed E-state index contributed by atoms with van der Waals surface area (Å²) in [4.78, 5) is 12.4. The van der Waals surface area contributed by atoms with Crippen molar-refractivity contribution in [3.63, 3.8) is 0 Å². The summed E-state index contributed by atoms with van der Waals surface area (Å²) in [5.74, 6) is 1.98. The predicted octanol–water partition coefficient (Wildman–Crippen LogP) is 1.42. The van der Waals surface area contributed by atoms with Gasteiger partial charge < -0.3 is 15.0 Å².